The number of nitrogens with one attached hydrogen (secondary N) is 2. The fourth-order valence-corrected chi connectivity index (χ4v) is 4.45. The molecule has 3 aromatic rings. The summed E-state index contributed by atoms with van der Waals surface area (Å²) >= 11 is 0. The summed E-state index contributed by atoms with van der Waals surface area (Å²) in [5.41, 5.74) is 3.88. The van der Waals surface area contributed by atoms with Crippen LogP contribution in [0, 0.1) is 0 Å². The van der Waals surface area contributed by atoms with Gasteiger partial charge in [-0.25, -0.2) is 0 Å². The van der Waals surface area contributed by atoms with E-state index in [9.17, 15) is 9.59 Å². The molecule has 1 aliphatic heterocycles. The first-order valence-electron chi connectivity index (χ1n) is 12.4. The van der Waals surface area contributed by atoms with Gasteiger partial charge in [-0.15, -0.1) is 10.2 Å². The third-order valence-electron chi connectivity index (χ3n) is 6.29. The molecule has 2 N–H and O–H groups in total. The van der Waals surface area contributed by atoms with Gasteiger partial charge in [-0.2, -0.15) is 0 Å². The molecule has 0 unspecified atom stereocenters. The summed E-state index contributed by atoms with van der Waals surface area (Å²) in [4.78, 5) is 26.3. The average molecular weight is 476 g/mol. The second kappa shape index (κ2) is 11.2. The highest BCUT2D eigenvalue weighted by molar-refractivity contribution is 5.95. The van der Waals surface area contributed by atoms with Crippen LogP contribution >= 0.6 is 0 Å². The minimum Gasteiger partial charge on any atom is -0.419 e. The molecule has 2 amide bonds. The van der Waals surface area contributed by atoms with Gasteiger partial charge < -0.3 is 20.0 Å². The highest BCUT2D eigenvalue weighted by Crippen LogP contribution is 2.39. The number of anilines is 2. The lowest BCUT2D eigenvalue weighted by atomic mass is 9.91. The van der Waals surface area contributed by atoms with Crippen LogP contribution in [0.2, 0.25) is 0 Å². The number of carbonyl (C=O) groups is 2. The van der Waals surface area contributed by atoms with E-state index in [4.69, 9.17) is 4.42 Å². The topological polar surface area (TPSA) is 100 Å². The lowest BCUT2D eigenvalue weighted by Gasteiger charge is -2.40. The molecule has 0 fully saturated rings. The van der Waals surface area contributed by atoms with Gasteiger partial charge in [0.05, 0.1) is 12.6 Å². The van der Waals surface area contributed by atoms with E-state index in [1.165, 1.54) is 0 Å². The van der Waals surface area contributed by atoms with Gasteiger partial charge in [0.2, 0.25) is 23.6 Å². The second-order valence-corrected chi connectivity index (χ2v) is 8.92. The summed E-state index contributed by atoms with van der Waals surface area (Å²) < 4.78 is 5.72. The molecule has 8 nitrogen and oxygen atoms in total. The Morgan fingerprint density at radius 3 is 2.60 bits per heavy atom. The van der Waals surface area contributed by atoms with Crippen LogP contribution in [0.3, 0.4) is 0 Å². The molecule has 184 valence electrons. The van der Waals surface area contributed by atoms with Crippen molar-refractivity contribution in [2.75, 3.05) is 10.2 Å². The maximum absolute atomic E-state index is 12.6. The van der Waals surface area contributed by atoms with Crippen molar-refractivity contribution >= 4 is 23.2 Å². The molecule has 1 aliphatic rings. The second-order valence-electron chi connectivity index (χ2n) is 8.92. The first-order valence-corrected chi connectivity index (χ1v) is 12.4. The molecule has 0 radical (unpaired) electrons. The highest BCUT2D eigenvalue weighted by atomic mass is 16.4. The Morgan fingerprint density at radius 2 is 1.86 bits per heavy atom. The average Bonchev–Trinajstić information content (AvgIpc) is 3.35. The molecule has 0 spiro atoms. The van der Waals surface area contributed by atoms with Crippen molar-refractivity contribution in [3.8, 4) is 11.5 Å². The van der Waals surface area contributed by atoms with Gasteiger partial charge >= 0.3 is 0 Å². The van der Waals surface area contributed by atoms with Crippen molar-refractivity contribution in [2.45, 2.75) is 71.5 Å². The van der Waals surface area contributed by atoms with Gasteiger partial charge in [0.15, 0.2) is 0 Å². The summed E-state index contributed by atoms with van der Waals surface area (Å²) in [5, 5.41) is 14.6. The third kappa shape index (κ3) is 5.70. The van der Waals surface area contributed by atoms with E-state index in [1.54, 1.807) is 0 Å². The largest absolute Gasteiger partial charge is 0.419 e. The lowest BCUT2D eigenvalue weighted by molar-refractivity contribution is -0.121. The molecular formula is C27H33N5O3. The highest BCUT2D eigenvalue weighted by Gasteiger charge is 2.32. The van der Waals surface area contributed by atoms with Gasteiger partial charge in [-0.05, 0) is 55.7 Å². The van der Waals surface area contributed by atoms with E-state index < -0.39 is 0 Å². The van der Waals surface area contributed by atoms with Gasteiger partial charge in [0.1, 0.15) is 0 Å². The number of hydrogen-bond donors (Lipinski definition) is 2. The number of amides is 2. The predicted molar refractivity (Wildman–Crippen MR) is 136 cm³/mol. The number of aromatic nitrogens is 2. The third-order valence-corrected chi connectivity index (χ3v) is 6.29. The molecule has 0 aliphatic carbocycles. The molecule has 4 rings (SSSR count). The monoisotopic (exact) mass is 475 g/mol. The quantitative estimate of drug-likeness (QED) is 0.439. The maximum Gasteiger partial charge on any atom is 0.247 e. The fraction of sp³-hybridized carbons (Fsp3) is 0.407. The maximum atomic E-state index is 12.6. The summed E-state index contributed by atoms with van der Waals surface area (Å²) in [6.45, 7) is 6.28. The Kier molecular flexibility index (Phi) is 7.80. The molecule has 0 saturated heterocycles. The zero-order valence-corrected chi connectivity index (χ0v) is 20.6. The smallest absolute Gasteiger partial charge is 0.247 e. The van der Waals surface area contributed by atoms with Crippen LogP contribution in [-0.4, -0.2) is 28.1 Å². The van der Waals surface area contributed by atoms with Crippen LogP contribution in [-0.2, 0) is 16.1 Å². The Labute approximate surface area is 206 Å². The minimum absolute atomic E-state index is 0.0113. The first kappa shape index (κ1) is 24.4. The van der Waals surface area contributed by atoms with E-state index in [-0.39, 0.29) is 30.4 Å². The van der Waals surface area contributed by atoms with Crippen LogP contribution < -0.4 is 15.5 Å². The standard InChI is InChI=1S/C27H33N5O3/c1-4-6-11-24(33)28-17-25-30-31-27(35-25)19-12-14-20(15-13-19)29-22-16-18(3)32(26(34)5-2)23-10-8-7-9-21(22)23/h7-10,12-15,18,22,29H,4-6,11,16-17H2,1-3H3,(H,28,33)/t18-,22+/m0/s1. The van der Waals surface area contributed by atoms with Crippen molar-refractivity contribution in [1.82, 2.24) is 15.5 Å². The fourth-order valence-electron chi connectivity index (χ4n) is 4.45. The van der Waals surface area contributed by atoms with E-state index in [0.717, 1.165) is 41.8 Å². The van der Waals surface area contributed by atoms with Gasteiger partial charge in [0, 0.05) is 35.8 Å². The zero-order valence-electron chi connectivity index (χ0n) is 20.6. The number of para-hydroxylation sites is 1. The Hall–Kier alpha value is -3.68. The number of unbranched alkanes of at least 4 members (excludes halogenated alkanes) is 1. The molecule has 0 bridgehead atoms. The molecule has 2 aromatic carbocycles. The molecule has 0 saturated carbocycles. The number of nitrogens with zero attached hydrogens (tertiary/aromatic N) is 3. The number of benzene rings is 2. The van der Waals surface area contributed by atoms with Crippen LogP contribution in [0.15, 0.2) is 52.9 Å². The summed E-state index contributed by atoms with van der Waals surface area (Å²) in [6, 6.07) is 16.2. The number of rotatable bonds is 9. The first-order chi connectivity index (χ1) is 17.0. The number of hydrogen-bond acceptors (Lipinski definition) is 6. The Bertz CT molecular complexity index is 1160. The Morgan fingerprint density at radius 1 is 1.09 bits per heavy atom. The van der Waals surface area contributed by atoms with Crippen molar-refractivity contribution in [1.29, 1.82) is 0 Å². The molecule has 2 heterocycles. The van der Waals surface area contributed by atoms with E-state index >= 15 is 0 Å². The van der Waals surface area contributed by atoms with E-state index in [0.29, 0.717) is 24.6 Å². The summed E-state index contributed by atoms with van der Waals surface area (Å²) in [5.74, 6) is 0.931. The van der Waals surface area contributed by atoms with Crippen LogP contribution in [0.25, 0.3) is 11.5 Å². The summed E-state index contributed by atoms with van der Waals surface area (Å²) in [6.07, 6.45) is 3.65. The molecule has 1 aromatic heterocycles. The van der Waals surface area contributed by atoms with Crippen molar-refractivity contribution in [3.05, 3.63) is 60.0 Å². The lowest BCUT2D eigenvalue weighted by Crippen LogP contribution is -2.44. The van der Waals surface area contributed by atoms with Crippen LogP contribution in [0.4, 0.5) is 11.4 Å². The van der Waals surface area contributed by atoms with Crippen LogP contribution in [0.1, 0.15) is 70.4 Å². The molecule has 2 atom stereocenters. The summed E-state index contributed by atoms with van der Waals surface area (Å²) in [7, 11) is 0. The normalized spacial score (nSPS) is 17.1. The van der Waals surface area contributed by atoms with Crippen molar-refractivity contribution in [2.24, 2.45) is 0 Å². The molecular weight excluding hydrogens is 442 g/mol. The van der Waals surface area contributed by atoms with Crippen LogP contribution in [0.5, 0.6) is 0 Å². The minimum atomic E-state index is -0.0113. The number of carbonyl (C=O) groups excluding carboxylic acids is 2. The van der Waals surface area contributed by atoms with Gasteiger partial charge in [-0.3, -0.25) is 9.59 Å². The molecule has 8 heteroatoms. The number of fused-ring (bicyclic) bond motifs is 1. The van der Waals surface area contributed by atoms with E-state index in [2.05, 4.69) is 40.7 Å². The van der Waals surface area contributed by atoms with E-state index in [1.807, 2.05) is 54.3 Å². The Balaban J connectivity index is 1.42. The van der Waals surface area contributed by atoms with Gasteiger partial charge in [-0.1, -0.05) is 38.5 Å². The molecule has 35 heavy (non-hydrogen) atoms. The van der Waals surface area contributed by atoms with Crippen molar-refractivity contribution in [3.63, 3.8) is 0 Å². The predicted octanol–water partition coefficient (Wildman–Crippen LogP) is 5.23. The zero-order chi connectivity index (χ0) is 24.8. The van der Waals surface area contributed by atoms with Crippen molar-refractivity contribution < 1.29 is 14.0 Å². The van der Waals surface area contributed by atoms with Gasteiger partial charge in [0.25, 0.3) is 0 Å². The SMILES string of the molecule is CCCCC(=O)NCc1nnc(-c2ccc(N[C@@H]3C[C@H](C)N(C(=O)CC)c4ccccc43)cc2)o1.